The van der Waals surface area contributed by atoms with E-state index in [1.807, 2.05) is 0 Å². The van der Waals surface area contributed by atoms with E-state index in [2.05, 4.69) is 4.98 Å². The van der Waals surface area contributed by atoms with Crippen LogP contribution in [0.2, 0.25) is 0 Å². The van der Waals surface area contributed by atoms with Crippen LogP contribution in [-0.2, 0) is 0 Å². The van der Waals surface area contributed by atoms with Crippen LogP contribution >= 0.6 is 0 Å². The van der Waals surface area contributed by atoms with Crippen molar-refractivity contribution in [2.75, 3.05) is 5.73 Å². The molecule has 2 heterocycles. The molecule has 4 heteroatoms. The lowest BCUT2D eigenvalue weighted by Gasteiger charge is -1.88. The summed E-state index contributed by atoms with van der Waals surface area (Å²) in [5.74, 6) is 0. The van der Waals surface area contributed by atoms with Gasteiger partial charge in [0.15, 0.2) is 0 Å². The number of hydrogen-bond donors (Lipinski definition) is 2. The van der Waals surface area contributed by atoms with Gasteiger partial charge in [-0.25, -0.2) is 0 Å². The summed E-state index contributed by atoms with van der Waals surface area (Å²) < 4.78 is 1.69. The second kappa shape index (κ2) is 1.88. The van der Waals surface area contributed by atoms with Gasteiger partial charge >= 0.3 is 0 Å². The highest BCUT2D eigenvalue weighted by Gasteiger charge is 1.97. The van der Waals surface area contributed by atoms with Gasteiger partial charge in [0.05, 0.1) is 5.69 Å². The summed E-state index contributed by atoms with van der Waals surface area (Å²) in [6, 6.07) is 1.64. The average Bonchev–Trinajstić information content (AvgIpc) is 2.31. The number of nitrogens with zero attached hydrogens (tertiary/aromatic N) is 1. The van der Waals surface area contributed by atoms with Gasteiger partial charge in [0, 0.05) is 18.6 Å². The quantitative estimate of drug-likeness (QED) is 0.562. The van der Waals surface area contributed by atoms with Gasteiger partial charge in [-0.05, 0) is 6.07 Å². The van der Waals surface area contributed by atoms with Crippen molar-refractivity contribution >= 4 is 11.2 Å². The van der Waals surface area contributed by atoms with Crippen molar-refractivity contribution in [3.63, 3.8) is 0 Å². The fourth-order valence-corrected chi connectivity index (χ4v) is 1.07. The summed E-state index contributed by atoms with van der Waals surface area (Å²) in [7, 11) is 0. The van der Waals surface area contributed by atoms with E-state index in [9.17, 15) is 4.79 Å². The highest BCUT2D eigenvalue weighted by Crippen LogP contribution is 2.05. The third kappa shape index (κ3) is 0.797. The predicted octanol–water partition coefficient (Wildman–Crippen LogP) is 0.210. The molecule has 0 unspecified atom stereocenters. The van der Waals surface area contributed by atoms with Crippen molar-refractivity contribution in [3.8, 4) is 0 Å². The SMILES string of the molecule is Nc1cc2c(=O)[nH]ccn2c1. The highest BCUT2D eigenvalue weighted by atomic mass is 16.1. The van der Waals surface area contributed by atoms with Gasteiger partial charge in [0.25, 0.3) is 5.56 Å². The van der Waals surface area contributed by atoms with Crippen LogP contribution in [0.15, 0.2) is 29.5 Å². The number of anilines is 1. The minimum absolute atomic E-state index is 0.121. The van der Waals surface area contributed by atoms with Crippen LogP contribution < -0.4 is 11.3 Å². The molecule has 0 saturated heterocycles. The Balaban J connectivity index is 3.02. The van der Waals surface area contributed by atoms with Crippen LogP contribution in [0.1, 0.15) is 0 Å². The molecule has 0 amide bonds. The first kappa shape index (κ1) is 6.03. The molecular weight excluding hydrogens is 142 g/mol. The van der Waals surface area contributed by atoms with Crippen molar-refractivity contribution in [3.05, 3.63) is 35.0 Å². The van der Waals surface area contributed by atoms with Crippen molar-refractivity contribution in [1.82, 2.24) is 9.38 Å². The Morgan fingerprint density at radius 1 is 1.55 bits per heavy atom. The molecule has 56 valence electrons. The first-order valence-corrected chi connectivity index (χ1v) is 3.22. The first-order valence-electron chi connectivity index (χ1n) is 3.22. The molecule has 0 spiro atoms. The molecule has 2 rings (SSSR count). The zero-order valence-corrected chi connectivity index (χ0v) is 5.74. The van der Waals surface area contributed by atoms with Crippen LogP contribution in [-0.4, -0.2) is 9.38 Å². The maximum atomic E-state index is 11.1. The number of fused-ring (bicyclic) bond motifs is 1. The smallest absolute Gasteiger partial charge is 0.272 e. The molecule has 3 N–H and O–H groups in total. The molecule has 0 aliphatic rings. The number of aromatic nitrogens is 2. The van der Waals surface area contributed by atoms with E-state index in [0.29, 0.717) is 11.2 Å². The Hall–Kier alpha value is -1.71. The number of nitrogens with one attached hydrogen (secondary N) is 1. The number of rotatable bonds is 0. The minimum Gasteiger partial charge on any atom is -0.397 e. The molecule has 4 nitrogen and oxygen atoms in total. The van der Waals surface area contributed by atoms with E-state index in [1.165, 1.54) is 0 Å². The molecule has 0 aromatic carbocycles. The Bertz CT molecular complexity index is 440. The average molecular weight is 149 g/mol. The van der Waals surface area contributed by atoms with Crippen molar-refractivity contribution in [2.24, 2.45) is 0 Å². The Morgan fingerprint density at radius 2 is 2.36 bits per heavy atom. The molecular formula is C7H7N3O. The molecule has 0 saturated carbocycles. The molecule has 0 atom stereocenters. The van der Waals surface area contributed by atoms with Crippen LogP contribution in [0.5, 0.6) is 0 Å². The lowest BCUT2D eigenvalue weighted by molar-refractivity contribution is 1.11. The second-order valence-corrected chi connectivity index (χ2v) is 2.36. The fourth-order valence-electron chi connectivity index (χ4n) is 1.07. The van der Waals surface area contributed by atoms with Gasteiger partial charge in [-0.1, -0.05) is 0 Å². The Kier molecular flexibility index (Phi) is 1.03. The third-order valence-electron chi connectivity index (χ3n) is 1.55. The third-order valence-corrected chi connectivity index (χ3v) is 1.55. The van der Waals surface area contributed by atoms with Gasteiger partial charge < -0.3 is 15.1 Å². The molecule has 0 fully saturated rings. The molecule has 2 aromatic heterocycles. The van der Waals surface area contributed by atoms with Crippen molar-refractivity contribution in [2.45, 2.75) is 0 Å². The molecule has 0 aliphatic heterocycles. The van der Waals surface area contributed by atoms with E-state index in [1.54, 1.807) is 29.1 Å². The van der Waals surface area contributed by atoms with Gasteiger partial charge in [-0.3, -0.25) is 4.79 Å². The van der Waals surface area contributed by atoms with E-state index in [-0.39, 0.29) is 5.56 Å². The fraction of sp³-hybridized carbons (Fsp3) is 0. The second-order valence-electron chi connectivity index (χ2n) is 2.36. The zero-order valence-electron chi connectivity index (χ0n) is 5.74. The van der Waals surface area contributed by atoms with Gasteiger partial charge in [-0.15, -0.1) is 0 Å². The molecule has 11 heavy (non-hydrogen) atoms. The number of aromatic amines is 1. The van der Waals surface area contributed by atoms with E-state index in [4.69, 9.17) is 5.73 Å². The van der Waals surface area contributed by atoms with Crippen molar-refractivity contribution < 1.29 is 0 Å². The van der Waals surface area contributed by atoms with E-state index < -0.39 is 0 Å². The summed E-state index contributed by atoms with van der Waals surface area (Å²) in [6.45, 7) is 0. The van der Waals surface area contributed by atoms with Crippen LogP contribution in [0.3, 0.4) is 0 Å². The largest absolute Gasteiger partial charge is 0.397 e. The van der Waals surface area contributed by atoms with Crippen LogP contribution in [0, 0.1) is 0 Å². The van der Waals surface area contributed by atoms with Crippen LogP contribution in [0.4, 0.5) is 5.69 Å². The standard InChI is InChI=1S/C7H7N3O/c8-5-3-6-7(11)9-1-2-10(6)4-5/h1-4H,8H2,(H,9,11). The number of nitrogen functional groups attached to an aromatic ring is 1. The Labute approximate surface area is 62.3 Å². The van der Waals surface area contributed by atoms with Gasteiger partial charge in [0.2, 0.25) is 0 Å². The Morgan fingerprint density at radius 3 is 3.09 bits per heavy atom. The normalized spacial score (nSPS) is 10.5. The molecule has 2 aromatic rings. The number of hydrogen-bond acceptors (Lipinski definition) is 2. The van der Waals surface area contributed by atoms with E-state index >= 15 is 0 Å². The number of H-pyrrole nitrogens is 1. The minimum atomic E-state index is -0.121. The predicted molar refractivity (Wildman–Crippen MR) is 42.4 cm³/mol. The van der Waals surface area contributed by atoms with Gasteiger partial charge in [-0.2, -0.15) is 0 Å². The summed E-state index contributed by atoms with van der Waals surface area (Å²) >= 11 is 0. The molecule has 0 aliphatic carbocycles. The summed E-state index contributed by atoms with van der Waals surface area (Å²) in [4.78, 5) is 13.6. The summed E-state index contributed by atoms with van der Waals surface area (Å²) in [6.07, 6.45) is 5.02. The maximum Gasteiger partial charge on any atom is 0.272 e. The monoisotopic (exact) mass is 149 g/mol. The lowest BCUT2D eigenvalue weighted by Crippen LogP contribution is -2.06. The van der Waals surface area contributed by atoms with Gasteiger partial charge in [0.1, 0.15) is 5.52 Å². The van der Waals surface area contributed by atoms with Crippen LogP contribution in [0.25, 0.3) is 5.52 Å². The molecule has 0 bridgehead atoms. The first-order chi connectivity index (χ1) is 5.27. The number of nitrogens with two attached hydrogens (primary N) is 1. The zero-order chi connectivity index (χ0) is 7.84. The lowest BCUT2D eigenvalue weighted by atomic mass is 10.5. The van der Waals surface area contributed by atoms with E-state index in [0.717, 1.165) is 0 Å². The molecule has 0 radical (unpaired) electrons. The topological polar surface area (TPSA) is 63.3 Å². The van der Waals surface area contributed by atoms with Crippen molar-refractivity contribution in [1.29, 1.82) is 0 Å². The maximum absolute atomic E-state index is 11.1. The summed E-state index contributed by atoms with van der Waals surface area (Å²) in [5, 5.41) is 0. The highest BCUT2D eigenvalue weighted by molar-refractivity contribution is 5.56. The summed E-state index contributed by atoms with van der Waals surface area (Å²) in [5.41, 5.74) is 6.54.